The summed E-state index contributed by atoms with van der Waals surface area (Å²) >= 11 is 2.91. The number of nitrogens with zero attached hydrogens (tertiary/aromatic N) is 1. The van der Waals surface area contributed by atoms with Crippen LogP contribution in [0.4, 0.5) is 13.2 Å². The Bertz CT molecular complexity index is 481. The van der Waals surface area contributed by atoms with E-state index >= 15 is 0 Å². The number of alkyl halides is 2. The monoisotopic (exact) mass is 264 g/mol. The Hall–Kier alpha value is -1.04. The molecular weight excluding hydrogens is 261 g/mol. The van der Waals surface area contributed by atoms with Gasteiger partial charge in [0.25, 0.3) is 6.43 Å². The third-order valence-corrected chi connectivity index (χ3v) is 2.63. The van der Waals surface area contributed by atoms with Gasteiger partial charge in [0, 0.05) is 5.39 Å². The van der Waals surface area contributed by atoms with Crippen molar-refractivity contribution in [3.8, 4) is 0 Å². The van der Waals surface area contributed by atoms with E-state index in [9.17, 15) is 13.2 Å². The number of aromatic amines is 1. The number of hydrogen-bond acceptors (Lipinski definition) is 1. The first-order chi connectivity index (χ1) is 6.61. The predicted octanol–water partition coefficient (Wildman–Crippen LogP) is 3.40. The summed E-state index contributed by atoms with van der Waals surface area (Å²) in [6.45, 7) is 0. The third-order valence-electron chi connectivity index (χ3n) is 1.86. The first-order valence-electron chi connectivity index (χ1n) is 3.71. The Labute approximate surface area is 85.2 Å². The molecule has 2 aromatic rings. The highest BCUT2D eigenvalue weighted by Gasteiger charge is 2.18. The van der Waals surface area contributed by atoms with E-state index in [0.717, 1.165) is 0 Å². The van der Waals surface area contributed by atoms with Crippen molar-refractivity contribution in [2.45, 2.75) is 6.43 Å². The number of rotatable bonds is 1. The summed E-state index contributed by atoms with van der Waals surface area (Å²) < 4.78 is 37.9. The molecule has 0 saturated carbocycles. The Balaban J connectivity index is 2.82. The van der Waals surface area contributed by atoms with Crippen LogP contribution in [0.5, 0.6) is 0 Å². The van der Waals surface area contributed by atoms with Gasteiger partial charge in [0.2, 0.25) is 0 Å². The second-order valence-corrected chi connectivity index (χ2v) is 3.49. The molecule has 0 spiro atoms. The van der Waals surface area contributed by atoms with Crippen LogP contribution in [-0.4, -0.2) is 10.2 Å². The zero-order valence-corrected chi connectivity index (χ0v) is 8.28. The average molecular weight is 265 g/mol. The van der Waals surface area contributed by atoms with E-state index in [1.165, 1.54) is 12.1 Å². The number of aromatic nitrogens is 2. The Morgan fingerprint density at radius 3 is 2.71 bits per heavy atom. The molecule has 14 heavy (non-hydrogen) atoms. The lowest BCUT2D eigenvalue weighted by Crippen LogP contribution is -1.86. The van der Waals surface area contributed by atoms with Crippen LogP contribution in [0.2, 0.25) is 0 Å². The van der Waals surface area contributed by atoms with Gasteiger partial charge in [0.1, 0.15) is 11.5 Å². The topological polar surface area (TPSA) is 28.7 Å². The van der Waals surface area contributed by atoms with Crippen molar-refractivity contribution in [3.63, 3.8) is 0 Å². The van der Waals surface area contributed by atoms with Crippen molar-refractivity contribution >= 4 is 26.8 Å². The summed E-state index contributed by atoms with van der Waals surface area (Å²) in [7, 11) is 0. The minimum absolute atomic E-state index is 0.0130. The molecular formula is C8H4BrF3N2. The maximum Gasteiger partial charge on any atom is 0.280 e. The highest BCUT2D eigenvalue weighted by Crippen LogP contribution is 2.32. The average Bonchev–Trinajstić information content (AvgIpc) is 2.55. The summed E-state index contributed by atoms with van der Waals surface area (Å²) in [5.41, 5.74) is -0.0556. The van der Waals surface area contributed by atoms with Crippen LogP contribution >= 0.6 is 15.9 Å². The summed E-state index contributed by atoms with van der Waals surface area (Å²) in [6, 6.07) is 2.51. The van der Waals surface area contributed by atoms with Gasteiger partial charge in [-0.3, -0.25) is 5.10 Å². The molecule has 74 valence electrons. The summed E-state index contributed by atoms with van der Waals surface area (Å²) in [6.07, 6.45) is -2.70. The number of benzene rings is 1. The van der Waals surface area contributed by atoms with Crippen molar-refractivity contribution in [2.24, 2.45) is 0 Å². The molecule has 1 aromatic heterocycles. The first kappa shape index (κ1) is 9.51. The van der Waals surface area contributed by atoms with Crippen molar-refractivity contribution in [1.82, 2.24) is 10.2 Å². The molecule has 1 N–H and O–H groups in total. The second-order valence-electron chi connectivity index (χ2n) is 2.69. The zero-order chi connectivity index (χ0) is 10.3. The van der Waals surface area contributed by atoms with Gasteiger partial charge in [-0.15, -0.1) is 0 Å². The second kappa shape index (κ2) is 3.27. The molecule has 2 nitrogen and oxygen atoms in total. The first-order valence-corrected chi connectivity index (χ1v) is 4.50. The molecule has 0 unspecified atom stereocenters. The molecule has 0 radical (unpaired) electrons. The maximum absolute atomic E-state index is 13.0. The van der Waals surface area contributed by atoms with Crippen LogP contribution in [0, 0.1) is 5.82 Å². The van der Waals surface area contributed by atoms with Gasteiger partial charge in [0.05, 0.1) is 9.99 Å². The van der Waals surface area contributed by atoms with Gasteiger partial charge in [0.15, 0.2) is 0 Å². The minimum atomic E-state index is -2.70. The quantitative estimate of drug-likeness (QED) is 0.841. The van der Waals surface area contributed by atoms with E-state index in [0.29, 0.717) is 5.52 Å². The third kappa shape index (κ3) is 1.30. The predicted molar refractivity (Wildman–Crippen MR) is 48.7 cm³/mol. The molecule has 0 aliphatic carbocycles. The van der Waals surface area contributed by atoms with E-state index in [1.807, 2.05) is 0 Å². The van der Waals surface area contributed by atoms with Crippen LogP contribution in [0.15, 0.2) is 16.6 Å². The molecule has 0 aliphatic rings. The molecule has 0 bridgehead atoms. The van der Waals surface area contributed by atoms with Gasteiger partial charge in [-0.2, -0.15) is 5.10 Å². The van der Waals surface area contributed by atoms with Gasteiger partial charge >= 0.3 is 0 Å². The smallest absolute Gasteiger partial charge is 0.275 e. The van der Waals surface area contributed by atoms with Crippen LogP contribution < -0.4 is 0 Å². The Morgan fingerprint density at radius 2 is 2.07 bits per heavy atom. The lowest BCUT2D eigenvalue weighted by atomic mass is 10.2. The van der Waals surface area contributed by atoms with Crippen LogP contribution in [0.3, 0.4) is 0 Å². The number of halogens is 4. The lowest BCUT2D eigenvalue weighted by molar-refractivity contribution is 0.147. The van der Waals surface area contributed by atoms with Gasteiger partial charge < -0.3 is 0 Å². The highest BCUT2D eigenvalue weighted by atomic mass is 79.9. The number of nitrogens with one attached hydrogen (secondary N) is 1. The normalized spacial score (nSPS) is 11.5. The summed E-state index contributed by atoms with van der Waals surface area (Å²) in [4.78, 5) is 0. The van der Waals surface area contributed by atoms with Crippen LogP contribution in [-0.2, 0) is 0 Å². The zero-order valence-electron chi connectivity index (χ0n) is 6.69. The highest BCUT2D eigenvalue weighted by molar-refractivity contribution is 9.10. The molecule has 0 saturated heterocycles. The standard InChI is InChI=1S/C8H4BrF3N2/c9-6-3(10)1-2-4-5(6)7(8(11)12)14-13-4/h1-2,8H,(H,13,14). The van der Waals surface area contributed by atoms with Gasteiger partial charge in [-0.25, -0.2) is 13.2 Å². The van der Waals surface area contributed by atoms with Crippen LogP contribution in [0.25, 0.3) is 10.9 Å². The largest absolute Gasteiger partial charge is 0.280 e. The Morgan fingerprint density at radius 1 is 1.36 bits per heavy atom. The summed E-state index contributed by atoms with van der Waals surface area (Å²) in [5.74, 6) is -0.583. The fraction of sp³-hybridized carbons (Fsp3) is 0.125. The van der Waals surface area contributed by atoms with Crippen molar-refractivity contribution < 1.29 is 13.2 Å². The van der Waals surface area contributed by atoms with Crippen LogP contribution in [0.1, 0.15) is 12.1 Å². The molecule has 1 heterocycles. The van der Waals surface area contributed by atoms with Crippen molar-refractivity contribution in [1.29, 1.82) is 0 Å². The fourth-order valence-electron chi connectivity index (χ4n) is 1.22. The molecule has 2 rings (SSSR count). The van der Waals surface area contributed by atoms with E-state index < -0.39 is 12.2 Å². The number of H-pyrrole nitrogens is 1. The van der Waals surface area contributed by atoms with E-state index in [2.05, 4.69) is 26.1 Å². The summed E-state index contributed by atoms with van der Waals surface area (Å²) in [5, 5.41) is 5.92. The van der Waals surface area contributed by atoms with E-state index in [-0.39, 0.29) is 15.6 Å². The number of hydrogen-bond donors (Lipinski definition) is 1. The van der Waals surface area contributed by atoms with E-state index in [1.54, 1.807) is 0 Å². The molecule has 1 aromatic carbocycles. The SMILES string of the molecule is Fc1ccc2n[nH]c(C(F)F)c2c1Br. The molecule has 6 heteroatoms. The fourth-order valence-corrected chi connectivity index (χ4v) is 1.77. The molecule has 0 aliphatic heterocycles. The number of fused-ring (bicyclic) bond motifs is 1. The van der Waals surface area contributed by atoms with Crippen molar-refractivity contribution in [2.75, 3.05) is 0 Å². The minimum Gasteiger partial charge on any atom is -0.275 e. The maximum atomic E-state index is 13.0. The van der Waals surface area contributed by atoms with Crippen molar-refractivity contribution in [3.05, 3.63) is 28.1 Å². The Kier molecular flexibility index (Phi) is 2.22. The van der Waals surface area contributed by atoms with E-state index in [4.69, 9.17) is 0 Å². The molecule has 0 fully saturated rings. The lowest BCUT2D eigenvalue weighted by Gasteiger charge is -1.98. The molecule has 0 atom stereocenters. The van der Waals surface area contributed by atoms with Gasteiger partial charge in [-0.05, 0) is 28.1 Å². The van der Waals surface area contributed by atoms with Gasteiger partial charge in [-0.1, -0.05) is 0 Å². The molecule has 0 amide bonds.